The Morgan fingerprint density at radius 3 is 2.74 bits per heavy atom. The minimum absolute atomic E-state index is 0.0456. The van der Waals surface area contributed by atoms with Crippen LogP contribution >= 0.6 is 0 Å². The summed E-state index contributed by atoms with van der Waals surface area (Å²) in [4.78, 5) is 34.9. The molecule has 1 N–H and O–H groups in total. The Morgan fingerprint density at radius 2 is 1.90 bits per heavy atom. The van der Waals surface area contributed by atoms with Crippen molar-refractivity contribution in [1.29, 1.82) is 0 Å². The molecule has 6 rings (SSSR count). The van der Waals surface area contributed by atoms with E-state index >= 15 is 0 Å². The number of amides is 2. The van der Waals surface area contributed by atoms with Crippen LogP contribution in [0.4, 0.5) is 0 Å². The highest BCUT2D eigenvalue weighted by molar-refractivity contribution is 5.95. The molecule has 0 saturated carbocycles. The zero-order valence-corrected chi connectivity index (χ0v) is 21.8. The quantitative estimate of drug-likeness (QED) is 0.541. The largest absolute Gasteiger partial charge is 0.489 e. The third-order valence-electron chi connectivity index (χ3n) is 7.75. The molecule has 2 amide bonds. The van der Waals surface area contributed by atoms with Gasteiger partial charge >= 0.3 is 0 Å². The maximum absolute atomic E-state index is 13.4. The lowest BCUT2D eigenvalue weighted by Gasteiger charge is -2.32. The number of aromatic nitrogens is 4. The van der Waals surface area contributed by atoms with Crippen molar-refractivity contribution in [1.82, 2.24) is 35.1 Å². The molecule has 0 spiro atoms. The van der Waals surface area contributed by atoms with E-state index in [2.05, 4.69) is 49.8 Å². The fourth-order valence-corrected chi connectivity index (χ4v) is 5.60. The summed E-state index contributed by atoms with van der Waals surface area (Å²) < 4.78 is 13.7. The van der Waals surface area contributed by atoms with Gasteiger partial charge in [0.05, 0.1) is 38.0 Å². The standard InChI is InChI=1S/C28H33N7O4/c36-26(18-33-11-8-21(9-12-33)20-5-2-1-3-6-20)34-16-23-25(17-34)39-19-22-15-35(32-31-22)13-14-38-24-7-4-10-29-27(24)28(37)30-23/h1-7,10,15,21,23,25H,8-9,11-14,16-19H2,(H,30,37)/t23-,25-/m0/s1. The molecule has 2 aromatic heterocycles. The maximum Gasteiger partial charge on any atom is 0.274 e. The zero-order chi connectivity index (χ0) is 26.6. The molecule has 11 nitrogen and oxygen atoms in total. The summed E-state index contributed by atoms with van der Waals surface area (Å²) in [6.07, 6.45) is 5.08. The fourth-order valence-electron chi connectivity index (χ4n) is 5.60. The predicted molar refractivity (Wildman–Crippen MR) is 141 cm³/mol. The fraction of sp³-hybridized carbons (Fsp3) is 0.464. The lowest BCUT2D eigenvalue weighted by Crippen LogP contribution is -2.45. The van der Waals surface area contributed by atoms with E-state index in [9.17, 15) is 9.59 Å². The van der Waals surface area contributed by atoms with Gasteiger partial charge in [0, 0.05) is 19.3 Å². The summed E-state index contributed by atoms with van der Waals surface area (Å²) in [5, 5.41) is 11.4. The molecular formula is C28H33N7O4. The number of pyridine rings is 1. The molecule has 11 heteroatoms. The minimum atomic E-state index is -0.391. The third kappa shape index (κ3) is 5.94. The van der Waals surface area contributed by atoms with Crippen molar-refractivity contribution in [3.63, 3.8) is 0 Å². The van der Waals surface area contributed by atoms with E-state index in [1.165, 1.54) is 5.56 Å². The van der Waals surface area contributed by atoms with Gasteiger partial charge in [0.1, 0.15) is 12.3 Å². The lowest BCUT2D eigenvalue weighted by molar-refractivity contribution is -0.132. The predicted octanol–water partition coefficient (Wildman–Crippen LogP) is 1.47. The average Bonchev–Trinajstić information content (AvgIpc) is 3.59. The molecule has 0 radical (unpaired) electrons. The van der Waals surface area contributed by atoms with Gasteiger partial charge in [-0.25, -0.2) is 9.67 Å². The normalized spacial score (nSPS) is 22.8. The molecular weight excluding hydrogens is 498 g/mol. The first-order chi connectivity index (χ1) is 19.1. The molecule has 2 fully saturated rings. The number of ether oxygens (including phenoxy) is 2. The number of nitrogens with zero attached hydrogens (tertiary/aromatic N) is 6. The highest BCUT2D eigenvalue weighted by Crippen LogP contribution is 2.28. The van der Waals surface area contributed by atoms with E-state index in [0.29, 0.717) is 50.1 Å². The molecule has 5 heterocycles. The highest BCUT2D eigenvalue weighted by atomic mass is 16.5. The van der Waals surface area contributed by atoms with Crippen molar-refractivity contribution >= 4 is 11.8 Å². The molecule has 3 aliphatic heterocycles. The van der Waals surface area contributed by atoms with Crippen molar-refractivity contribution in [2.75, 3.05) is 39.3 Å². The molecule has 3 aromatic rings. The van der Waals surface area contributed by atoms with Crippen molar-refractivity contribution in [3.05, 3.63) is 71.8 Å². The van der Waals surface area contributed by atoms with Gasteiger partial charge in [0.15, 0.2) is 11.4 Å². The van der Waals surface area contributed by atoms with Crippen LogP contribution < -0.4 is 10.1 Å². The molecule has 204 valence electrons. The lowest BCUT2D eigenvalue weighted by atomic mass is 9.89. The second-order valence-electron chi connectivity index (χ2n) is 10.4. The Balaban J connectivity index is 1.12. The Hall–Kier alpha value is -3.83. The number of carbonyl (C=O) groups excluding carboxylic acids is 2. The van der Waals surface area contributed by atoms with Gasteiger partial charge < -0.3 is 19.7 Å². The first-order valence-corrected chi connectivity index (χ1v) is 13.6. The summed E-state index contributed by atoms with van der Waals surface area (Å²) in [6.45, 7) is 3.92. The number of rotatable bonds is 3. The van der Waals surface area contributed by atoms with Crippen molar-refractivity contribution < 1.29 is 19.1 Å². The summed E-state index contributed by atoms with van der Waals surface area (Å²) in [7, 11) is 0. The second kappa shape index (κ2) is 11.5. The number of fused-ring (bicyclic) bond motifs is 4. The number of nitrogens with one attached hydrogen (secondary N) is 1. The van der Waals surface area contributed by atoms with Gasteiger partial charge in [-0.15, -0.1) is 5.10 Å². The average molecular weight is 532 g/mol. The molecule has 2 saturated heterocycles. The van der Waals surface area contributed by atoms with Crippen LogP contribution in [0.2, 0.25) is 0 Å². The Morgan fingerprint density at radius 1 is 1.05 bits per heavy atom. The second-order valence-corrected chi connectivity index (χ2v) is 10.4. The number of carbonyl (C=O) groups is 2. The Bertz CT molecular complexity index is 1290. The summed E-state index contributed by atoms with van der Waals surface area (Å²) >= 11 is 0. The SMILES string of the molecule is O=C1N[C@H]2CN(C(=O)CN3CCC(c4ccccc4)CC3)C[C@@H]2OCc2cn(nn2)CCOc2cccnc21. The van der Waals surface area contributed by atoms with Gasteiger partial charge in [0.25, 0.3) is 5.91 Å². The Kier molecular flexibility index (Phi) is 7.51. The van der Waals surface area contributed by atoms with Crippen LogP contribution in [-0.4, -0.2) is 93.1 Å². The molecule has 2 atom stereocenters. The first-order valence-electron chi connectivity index (χ1n) is 13.6. The van der Waals surface area contributed by atoms with Gasteiger partial charge in [0.2, 0.25) is 5.91 Å². The third-order valence-corrected chi connectivity index (χ3v) is 7.75. The molecule has 39 heavy (non-hydrogen) atoms. The molecule has 3 aliphatic rings. The van der Waals surface area contributed by atoms with Crippen LogP contribution in [-0.2, 0) is 22.7 Å². The maximum atomic E-state index is 13.4. The summed E-state index contributed by atoms with van der Waals surface area (Å²) in [5.74, 6) is 0.630. The molecule has 1 aromatic carbocycles. The monoisotopic (exact) mass is 531 g/mol. The highest BCUT2D eigenvalue weighted by Gasteiger charge is 2.38. The van der Waals surface area contributed by atoms with Gasteiger partial charge in [-0.1, -0.05) is 35.5 Å². The van der Waals surface area contributed by atoms with Crippen LogP contribution in [0.3, 0.4) is 0 Å². The topological polar surface area (TPSA) is 115 Å². The van der Waals surface area contributed by atoms with Crippen LogP contribution in [0.25, 0.3) is 0 Å². The summed E-state index contributed by atoms with van der Waals surface area (Å²) in [6, 6.07) is 13.7. The number of benzene rings is 1. The van der Waals surface area contributed by atoms with Crippen molar-refractivity contribution in [2.45, 2.75) is 44.1 Å². The van der Waals surface area contributed by atoms with Gasteiger partial charge in [-0.2, -0.15) is 0 Å². The van der Waals surface area contributed by atoms with Crippen LogP contribution in [0.5, 0.6) is 5.75 Å². The molecule has 0 unspecified atom stereocenters. The number of piperidine rings is 1. The van der Waals surface area contributed by atoms with Crippen LogP contribution in [0, 0.1) is 0 Å². The Labute approximate surface area is 227 Å². The van der Waals surface area contributed by atoms with E-state index in [1.807, 2.05) is 12.3 Å². The van der Waals surface area contributed by atoms with Crippen LogP contribution in [0.15, 0.2) is 54.9 Å². The first kappa shape index (κ1) is 25.4. The molecule has 0 aliphatic carbocycles. The minimum Gasteiger partial charge on any atom is -0.489 e. The van der Waals surface area contributed by atoms with E-state index < -0.39 is 6.04 Å². The van der Waals surface area contributed by atoms with Crippen LogP contribution in [0.1, 0.15) is 40.5 Å². The van der Waals surface area contributed by atoms with Gasteiger partial charge in [-0.3, -0.25) is 14.5 Å². The number of hydrogen-bond acceptors (Lipinski definition) is 8. The zero-order valence-electron chi connectivity index (χ0n) is 21.8. The molecule has 2 bridgehead atoms. The number of likely N-dealkylation sites (tertiary alicyclic amines) is 2. The van der Waals surface area contributed by atoms with E-state index in [0.717, 1.165) is 25.9 Å². The van der Waals surface area contributed by atoms with E-state index in [4.69, 9.17) is 9.47 Å². The smallest absolute Gasteiger partial charge is 0.274 e. The van der Waals surface area contributed by atoms with Crippen molar-refractivity contribution in [3.8, 4) is 5.75 Å². The van der Waals surface area contributed by atoms with E-state index in [1.54, 1.807) is 27.9 Å². The van der Waals surface area contributed by atoms with Gasteiger partial charge in [-0.05, 0) is 49.5 Å². The van der Waals surface area contributed by atoms with E-state index in [-0.39, 0.29) is 30.2 Å². The number of hydrogen-bond donors (Lipinski definition) is 1. The van der Waals surface area contributed by atoms with Crippen molar-refractivity contribution in [2.24, 2.45) is 0 Å². The summed E-state index contributed by atoms with van der Waals surface area (Å²) in [5.41, 5.74) is 2.27.